The van der Waals surface area contributed by atoms with E-state index in [2.05, 4.69) is 35.4 Å². The van der Waals surface area contributed by atoms with Gasteiger partial charge in [-0.15, -0.1) is 12.4 Å². The summed E-state index contributed by atoms with van der Waals surface area (Å²) in [6.07, 6.45) is 1.13. The number of aromatic amines is 1. The fraction of sp³-hybridized carbons (Fsp3) is 0.333. The van der Waals surface area contributed by atoms with Crippen LogP contribution in [-0.2, 0) is 13.0 Å². The molecule has 2 N–H and O–H groups in total. The SMILES string of the molecule is Cc1cccc2[nH]c3c(c12)CNCC3.Cl. The summed E-state index contributed by atoms with van der Waals surface area (Å²) in [4.78, 5) is 3.52. The summed E-state index contributed by atoms with van der Waals surface area (Å²) in [6.45, 7) is 4.30. The highest BCUT2D eigenvalue weighted by Crippen LogP contribution is 2.27. The van der Waals surface area contributed by atoms with Gasteiger partial charge in [0.2, 0.25) is 0 Å². The van der Waals surface area contributed by atoms with Crippen molar-refractivity contribution in [3.05, 3.63) is 35.0 Å². The van der Waals surface area contributed by atoms with E-state index in [1.54, 1.807) is 0 Å². The molecule has 2 aromatic rings. The zero-order valence-electron chi connectivity index (χ0n) is 8.76. The Hall–Kier alpha value is -0.990. The maximum absolute atomic E-state index is 3.52. The van der Waals surface area contributed by atoms with Gasteiger partial charge in [-0.1, -0.05) is 12.1 Å². The standard InChI is InChI=1S/C12H14N2.ClH/c1-8-3-2-4-11-12(8)9-7-13-6-5-10(9)14-11;/h2-4,13-14H,5-7H2,1H3;1H. The molecule has 0 aliphatic carbocycles. The molecule has 1 aliphatic rings. The Morgan fingerprint density at radius 3 is 3.00 bits per heavy atom. The van der Waals surface area contributed by atoms with Crippen LogP contribution in [0.1, 0.15) is 16.8 Å². The topological polar surface area (TPSA) is 27.8 Å². The molecule has 1 aromatic heterocycles. The molecule has 0 bridgehead atoms. The van der Waals surface area contributed by atoms with Crippen LogP contribution in [0.2, 0.25) is 0 Å². The van der Waals surface area contributed by atoms with Crippen molar-refractivity contribution in [1.82, 2.24) is 10.3 Å². The summed E-state index contributed by atoms with van der Waals surface area (Å²) in [5, 5.41) is 4.85. The van der Waals surface area contributed by atoms with E-state index in [-0.39, 0.29) is 12.4 Å². The molecular weight excluding hydrogens is 208 g/mol. The minimum Gasteiger partial charge on any atom is -0.358 e. The second-order valence-corrected chi connectivity index (χ2v) is 4.01. The number of aryl methyl sites for hydroxylation is 1. The first-order valence-electron chi connectivity index (χ1n) is 5.16. The van der Waals surface area contributed by atoms with Crippen molar-refractivity contribution in [3.63, 3.8) is 0 Å². The lowest BCUT2D eigenvalue weighted by atomic mass is 10.0. The van der Waals surface area contributed by atoms with Gasteiger partial charge < -0.3 is 10.3 Å². The lowest BCUT2D eigenvalue weighted by Gasteiger charge is -2.12. The van der Waals surface area contributed by atoms with Gasteiger partial charge >= 0.3 is 0 Å². The third-order valence-electron chi connectivity index (χ3n) is 3.08. The lowest BCUT2D eigenvalue weighted by molar-refractivity contribution is 0.640. The Morgan fingerprint density at radius 1 is 1.27 bits per heavy atom. The maximum Gasteiger partial charge on any atom is 0.0462 e. The fourth-order valence-electron chi connectivity index (χ4n) is 2.40. The van der Waals surface area contributed by atoms with Crippen molar-refractivity contribution in [2.24, 2.45) is 0 Å². The lowest BCUT2D eigenvalue weighted by Crippen LogP contribution is -2.22. The number of nitrogens with one attached hydrogen (secondary N) is 2. The van der Waals surface area contributed by atoms with E-state index in [0.29, 0.717) is 0 Å². The molecule has 3 rings (SSSR count). The van der Waals surface area contributed by atoms with Gasteiger partial charge in [0.1, 0.15) is 0 Å². The molecule has 0 radical (unpaired) electrons. The van der Waals surface area contributed by atoms with Crippen molar-refractivity contribution >= 4 is 23.3 Å². The van der Waals surface area contributed by atoms with E-state index in [9.17, 15) is 0 Å². The van der Waals surface area contributed by atoms with Crippen LogP contribution < -0.4 is 5.32 Å². The fourth-order valence-corrected chi connectivity index (χ4v) is 2.40. The largest absolute Gasteiger partial charge is 0.358 e. The van der Waals surface area contributed by atoms with Gasteiger partial charge in [0, 0.05) is 36.1 Å². The van der Waals surface area contributed by atoms with E-state index in [0.717, 1.165) is 19.5 Å². The number of halogens is 1. The summed E-state index contributed by atoms with van der Waals surface area (Å²) in [5.41, 5.74) is 5.57. The van der Waals surface area contributed by atoms with Gasteiger partial charge in [0.15, 0.2) is 0 Å². The van der Waals surface area contributed by atoms with Gasteiger partial charge in [-0.2, -0.15) is 0 Å². The third-order valence-corrected chi connectivity index (χ3v) is 3.08. The molecule has 2 heterocycles. The molecule has 0 unspecified atom stereocenters. The Bertz CT molecular complexity index is 488. The van der Waals surface area contributed by atoms with Crippen molar-refractivity contribution < 1.29 is 0 Å². The minimum atomic E-state index is 0. The van der Waals surface area contributed by atoms with E-state index >= 15 is 0 Å². The van der Waals surface area contributed by atoms with Crippen molar-refractivity contribution in [1.29, 1.82) is 0 Å². The third kappa shape index (κ3) is 1.54. The van der Waals surface area contributed by atoms with Gasteiger partial charge in [-0.25, -0.2) is 0 Å². The zero-order chi connectivity index (χ0) is 9.54. The monoisotopic (exact) mass is 222 g/mol. The molecule has 0 fully saturated rings. The second-order valence-electron chi connectivity index (χ2n) is 4.01. The van der Waals surface area contributed by atoms with Crippen LogP contribution in [0.3, 0.4) is 0 Å². The van der Waals surface area contributed by atoms with Crippen molar-refractivity contribution in [3.8, 4) is 0 Å². The van der Waals surface area contributed by atoms with Crippen LogP contribution in [0, 0.1) is 6.92 Å². The van der Waals surface area contributed by atoms with E-state index < -0.39 is 0 Å². The smallest absolute Gasteiger partial charge is 0.0462 e. The van der Waals surface area contributed by atoms with Crippen LogP contribution in [0.4, 0.5) is 0 Å². The van der Waals surface area contributed by atoms with Crippen molar-refractivity contribution in [2.75, 3.05) is 6.54 Å². The highest BCUT2D eigenvalue weighted by Gasteiger charge is 2.15. The summed E-state index contributed by atoms with van der Waals surface area (Å²) in [5.74, 6) is 0. The number of hydrogen-bond acceptors (Lipinski definition) is 1. The first kappa shape index (κ1) is 10.5. The number of rotatable bonds is 0. The van der Waals surface area contributed by atoms with Crippen LogP contribution in [0.15, 0.2) is 18.2 Å². The molecule has 3 heteroatoms. The number of aromatic nitrogens is 1. The first-order chi connectivity index (χ1) is 6.86. The highest BCUT2D eigenvalue weighted by molar-refractivity contribution is 5.88. The Morgan fingerprint density at radius 2 is 2.13 bits per heavy atom. The van der Waals surface area contributed by atoms with Gasteiger partial charge in [0.05, 0.1) is 0 Å². The van der Waals surface area contributed by atoms with Crippen LogP contribution in [0.5, 0.6) is 0 Å². The number of H-pyrrole nitrogens is 1. The van der Waals surface area contributed by atoms with E-state index in [4.69, 9.17) is 0 Å². The minimum absolute atomic E-state index is 0. The average Bonchev–Trinajstić information content (AvgIpc) is 2.57. The van der Waals surface area contributed by atoms with Gasteiger partial charge in [0.25, 0.3) is 0 Å². The summed E-state index contributed by atoms with van der Waals surface area (Å²) in [7, 11) is 0. The van der Waals surface area contributed by atoms with Crippen molar-refractivity contribution in [2.45, 2.75) is 19.9 Å². The molecular formula is C12H15ClN2. The number of hydrogen-bond donors (Lipinski definition) is 2. The molecule has 1 aliphatic heterocycles. The van der Waals surface area contributed by atoms with Crippen LogP contribution in [-0.4, -0.2) is 11.5 Å². The summed E-state index contributed by atoms with van der Waals surface area (Å²) >= 11 is 0. The Balaban J connectivity index is 0.000000853. The highest BCUT2D eigenvalue weighted by atomic mass is 35.5. The molecule has 0 atom stereocenters. The average molecular weight is 223 g/mol. The van der Waals surface area contributed by atoms with Gasteiger partial charge in [-0.3, -0.25) is 0 Å². The molecule has 0 amide bonds. The number of fused-ring (bicyclic) bond motifs is 3. The van der Waals surface area contributed by atoms with Crippen LogP contribution in [0.25, 0.3) is 10.9 Å². The molecule has 15 heavy (non-hydrogen) atoms. The van der Waals surface area contributed by atoms with Gasteiger partial charge in [-0.05, 0) is 24.1 Å². The predicted octanol–water partition coefficient (Wildman–Crippen LogP) is 2.54. The van der Waals surface area contributed by atoms with E-state index in [1.165, 1.54) is 27.7 Å². The summed E-state index contributed by atoms with van der Waals surface area (Å²) in [6, 6.07) is 6.47. The normalized spacial score (nSPS) is 14.7. The summed E-state index contributed by atoms with van der Waals surface area (Å²) < 4.78 is 0. The Kier molecular flexibility index (Phi) is 2.72. The molecule has 0 saturated heterocycles. The molecule has 1 aromatic carbocycles. The predicted molar refractivity (Wildman–Crippen MR) is 65.7 cm³/mol. The van der Waals surface area contributed by atoms with E-state index in [1.807, 2.05) is 0 Å². The maximum atomic E-state index is 3.52. The second kappa shape index (κ2) is 3.87. The molecule has 0 spiro atoms. The van der Waals surface area contributed by atoms with Crippen LogP contribution >= 0.6 is 12.4 Å². The first-order valence-corrected chi connectivity index (χ1v) is 5.16. The molecule has 2 nitrogen and oxygen atoms in total. The Labute approximate surface area is 95.5 Å². The molecule has 0 saturated carbocycles. The molecule has 80 valence electrons. The zero-order valence-corrected chi connectivity index (χ0v) is 9.58. The number of benzene rings is 1. The quantitative estimate of drug-likeness (QED) is 0.705.